The number of hydrogen-bond acceptors (Lipinski definition) is 5. The number of likely N-dealkylation sites (N-methyl/N-ethyl adjacent to an activating group) is 1. The van der Waals surface area contributed by atoms with Crippen molar-refractivity contribution >= 4 is 13.7 Å². The average molecular weight is 999 g/mol. The first-order valence-electron chi connectivity index (χ1n) is 28.6. The topological polar surface area (TPSA) is 105 Å². The van der Waals surface area contributed by atoms with E-state index in [0.29, 0.717) is 23.9 Å². The van der Waals surface area contributed by atoms with Gasteiger partial charge in [-0.15, -0.1) is 0 Å². The van der Waals surface area contributed by atoms with Crippen LogP contribution < -0.4 is 5.32 Å². The Labute approximate surface area is 432 Å². The quantitative estimate of drug-likeness (QED) is 0.0243. The molecule has 3 N–H and O–H groups in total. The number of allylic oxidation sites excluding steroid dienone is 16. The summed E-state index contributed by atoms with van der Waals surface area (Å²) >= 11 is 0. The van der Waals surface area contributed by atoms with Gasteiger partial charge in [0.25, 0.3) is 0 Å². The molecule has 0 aliphatic carbocycles. The van der Waals surface area contributed by atoms with Crippen LogP contribution in [0.4, 0.5) is 0 Å². The van der Waals surface area contributed by atoms with Crippen molar-refractivity contribution in [3.63, 3.8) is 0 Å². The average Bonchev–Trinajstić information content (AvgIpc) is 3.32. The number of carbonyl (C=O) groups is 1. The highest BCUT2D eigenvalue weighted by Gasteiger charge is 2.28. The largest absolute Gasteiger partial charge is 0.472 e. The first-order chi connectivity index (χ1) is 34.0. The number of carbonyl (C=O) groups excluding carboxylic acids is 1. The van der Waals surface area contributed by atoms with E-state index in [9.17, 15) is 19.4 Å². The van der Waals surface area contributed by atoms with Crippen LogP contribution in [0.25, 0.3) is 0 Å². The van der Waals surface area contributed by atoms with E-state index in [1.165, 1.54) is 109 Å². The number of phosphoric acid groups is 1. The lowest BCUT2D eigenvalue weighted by Crippen LogP contribution is -2.46. The minimum absolute atomic E-state index is 0.0699. The molecule has 1 amide bonds. The second kappa shape index (κ2) is 51.3. The van der Waals surface area contributed by atoms with Crippen molar-refractivity contribution in [2.75, 3.05) is 40.9 Å². The molecule has 70 heavy (non-hydrogen) atoms. The van der Waals surface area contributed by atoms with Crippen molar-refractivity contribution in [2.45, 2.75) is 244 Å². The van der Waals surface area contributed by atoms with Gasteiger partial charge in [0, 0.05) is 6.42 Å². The number of nitrogens with zero attached hydrogens (tertiary/aromatic N) is 1. The summed E-state index contributed by atoms with van der Waals surface area (Å²) in [6.07, 6.45) is 73.2. The van der Waals surface area contributed by atoms with Crippen LogP contribution in [-0.4, -0.2) is 73.4 Å². The van der Waals surface area contributed by atoms with Crippen molar-refractivity contribution in [3.8, 4) is 0 Å². The monoisotopic (exact) mass is 998 g/mol. The zero-order chi connectivity index (χ0) is 51.3. The second-order valence-electron chi connectivity index (χ2n) is 20.3. The van der Waals surface area contributed by atoms with E-state index in [4.69, 9.17) is 9.05 Å². The molecule has 0 fully saturated rings. The molecule has 0 aromatic carbocycles. The SMILES string of the molecule is CC/C=C\C/C=C\C/C=C\C/C=C\C/C=C\C/C=C\C/C=C\C/C=C\CCCCCCCCCCCCC(=O)NC(COP(=O)(O)OCC[N+](C)(C)C)C(O)CCCCCCCCCCCCCCC. The Balaban J connectivity index is 4.10. The molecule has 8 nitrogen and oxygen atoms in total. The first kappa shape index (κ1) is 67.4. The number of hydrogen-bond donors (Lipinski definition) is 3. The fraction of sp³-hybridized carbons (Fsp3) is 0.721. The van der Waals surface area contributed by atoms with Gasteiger partial charge in [-0.3, -0.25) is 13.8 Å². The van der Waals surface area contributed by atoms with Crippen molar-refractivity contribution in [2.24, 2.45) is 0 Å². The Kier molecular flexibility index (Phi) is 49.4. The predicted octanol–water partition coefficient (Wildman–Crippen LogP) is 17.4. The molecule has 0 saturated heterocycles. The Morgan fingerprint density at radius 3 is 1.26 bits per heavy atom. The van der Waals surface area contributed by atoms with Crippen LogP contribution >= 0.6 is 7.82 Å². The highest BCUT2D eigenvalue weighted by Crippen LogP contribution is 2.43. The van der Waals surface area contributed by atoms with Crippen molar-refractivity contribution < 1.29 is 32.9 Å². The van der Waals surface area contributed by atoms with Crippen LogP contribution in [0.3, 0.4) is 0 Å². The summed E-state index contributed by atoms with van der Waals surface area (Å²) in [6, 6.07) is -0.768. The summed E-state index contributed by atoms with van der Waals surface area (Å²) in [6.45, 7) is 4.76. The fourth-order valence-electron chi connectivity index (χ4n) is 7.89. The van der Waals surface area contributed by atoms with E-state index in [-0.39, 0.29) is 19.1 Å². The number of unbranched alkanes of at least 4 members (excludes halogenated alkanes) is 22. The Hall–Kier alpha value is -2.58. The maximum Gasteiger partial charge on any atom is 0.472 e. The summed E-state index contributed by atoms with van der Waals surface area (Å²) in [4.78, 5) is 23.3. The number of quaternary nitrogens is 1. The number of phosphoric ester groups is 1. The van der Waals surface area contributed by atoms with Gasteiger partial charge in [0.2, 0.25) is 5.91 Å². The molecule has 0 saturated carbocycles. The minimum atomic E-state index is -4.33. The molecule has 9 heteroatoms. The van der Waals surface area contributed by atoms with Gasteiger partial charge in [0.15, 0.2) is 0 Å². The minimum Gasteiger partial charge on any atom is -0.391 e. The van der Waals surface area contributed by atoms with E-state index in [1.807, 2.05) is 21.1 Å². The molecule has 0 rings (SSSR count). The van der Waals surface area contributed by atoms with Crippen LogP contribution in [0.2, 0.25) is 0 Å². The zero-order valence-corrected chi connectivity index (χ0v) is 46.9. The van der Waals surface area contributed by atoms with E-state index < -0.39 is 20.0 Å². The molecule has 0 aromatic rings. The highest BCUT2D eigenvalue weighted by atomic mass is 31.2. The van der Waals surface area contributed by atoms with Gasteiger partial charge < -0.3 is 19.8 Å². The lowest BCUT2D eigenvalue weighted by molar-refractivity contribution is -0.870. The van der Waals surface area contributed by atoms with E-state index in [2.05, 4.69) is 116 Å². The first-order valence-corrected chi connectivity index (χ1v) is 30.1. The number of aliphatic hydroxyl groups excluding tert-OH is 1. The lowest BCUT2D eigenvalue weighted by Gasteiger charge is -2.26. The molecule has 0 aliphatic heterocycles. The Morgan fingerprint density at radius 2 is 0.857 bits per heavy atom. The third kappa shape index (κ3) is 53.2. The summed E-state index contributed by atoms with van der Waals surface area (Å²) in [7, 11) is 1.60. The van der Waals surface area contributed by atoms with Crippen molar-refractivity contribution in [1.29, 1.82) is 0 Å². The molecular formula is C61H110N2O6P+. The third-order valence-electron chi connectivity index (χ3n) is 12.3. The molecule has 3 atom stereocenters. The second-order valence-corrected chi connectivity index (χ2v) is 21.7. The molecule has 0 spiro atoms. The zero-order valence-electron chi connectivity index (χ0n) is 46.0. The van der Waals surface area contributed by atoms with Gasteiger partial charge in [-0.2, -0.15) is 0 Å². The van der Waals surface area contributed by atoms with Crippen LogP contribution in [-0.2, 0) is 18.4 Å². The maximum absolute atomic E-state index is 13.0. The molecule has 0 bridgehead atoms. The van der Waals surface area contributed by atoms with Crippen molar-refractivity contribution in [1.82, 2.24) is 5.32 Å². The number of rotatable bonds is 51. The van der Waals surface area contributed by atoms with E-state index in [1.54, 1.807) is 0 Å². The molecule has 0 heterocycles. The van der Waals surface area contributed by atoms with Crippen LogP contribution in [0.5, 0.6) is 0 Å². The Bertz CT molecular complexity index is 1460. The van der Waals surface area contributed by atoms with Gasteiger partial charge in [-0.05, 0) is 77.0 Å². The molecule has 0 radical (unpaired) electrons. The van der Waals surface area contributed by atoms with E-state index >= 15 is 0 Å². The molecular weight excluding hydrogens is 888 g/mol. The molecule has 3 unspecified atom stereocenters. The highest BCUT2D eigenvalue weighted by molar-refractivity contribution is 7.47. The number of aliphatic hydroxyl groups is 1. The summed E-state index contributed by atoms with van der Waals surface area (Å²) in [5.74, 6) is -0.153. The van der Waals surface area contributed by atoms with Crippen molar-refractivity contribution in [3.05, 3.63) is 97.2 Å². The predicted molar refractivity (Wildman–Crippen MR) is 304 cm³/mol. The van der Waals surface area contributed by atoms with Crippen LogP contribution in [0.15, 0.2) is 97.2 Å². The van der Waals surface area contributed by atoms with E-state index in [0.717, 1.165) is 96.3 Å². The molecule has 0 aliphatic rings. The summed E-state index contributed by atoms with van der Waals surface area (Å²) < 4.78 is 23.7. The summed E-state index contributed by atoms with van der Waals surface area (Å²) in [5, 5.41) is 14.0. The van der Waals surface area contributed by atoms with Crippen LogP contribution in [0, 0.1) is 0 Å². The normalized spacial score (nSPS) is 14.7. The number of amides is 1. The van der Waals surface area contributed by atoms with Gasteiger partial charge in [-0.25, -0.2) is 4.57 Å². The molecule has 404 valence electrons. The smallest absolute Gasteiger partial charge is 0.391 e. The lowest BCUT2D eigenvalue weighted by atomic mass is 10.0. The summed E-state index contributed by atoms with van der Waals surface area (Å²) in [5.41, 5.74) is 0. The molecule has 0 aromatic heterocycles. The van der Waals surface area contributed by atoms with Crippen LogP contribution in [0.1, 0.15) is 232 Å². The Morgan fingerprint density at radius 1 is 0.500 bits per heavy atom. The van der Waals surface area contributed by atoms with Gasteiger partial charge in [0.1, 0.15) is 13.2 Å². The van der Waals surface area contributed by atoms with Gasteiger partial charge in [-0.1, -0.05) is 246 Å². The van der Waals surface area contributed by atoms with Gasteiger partial charge in [0.05, 0.1) is 39.9 Å². The van der Waals surface area contributed by atoms with Gasteiger partial charge >= 0.3 is 7.82 Å². The standard InChI is InChI=1S/C61H109N2O6P/c1-6-8-10-12-14-16-18-20-21-22-23-24-25-26-27-28-29-30-31-32-33-34-35-36-37-38-39-40-41-43-45-47-49-51-53-55-61(65)62-59(58-69-70(66,67)68-57-56-63(3,4)5)60(64)54-52-50-48-46-44-42-19-17-15-13-11-9-7-2/h8,10,14,16,20-21,23-24,26-27,29-30,32-33,35-36,59-60,64H,6-7,9,11-13,15,17-19,22,25,28,31,34,37-58H2,1-5H3,(H-,62,65,66,67)/p+1/b10-8-,16-14-,21-20-,24-23-,27-26-,30-29-,33-32-,36-35-. The third-order valence-corrected chi connectivity index (χ3v) is 13.3. The number of nitrogens with one attached hydrogen (secondary N) is 1. The maximum atomic E-state index is 13.0. The fourth-order valence-corrected chi connectivity index (χ4v) is 8.62.